The number of rotatable bonds is 9. The molecule has 0 bridgehead atoms. The molecule has 2 atom stereocenters. The largest absolute Gasteiger partial charge is 0.477 e. The van der Waals surface area contributed by atoms with E-state index in [1.165, 1.54) is 28.9 Å². The molecule has 2 aromatic rings. The Morgan fingerprint density at radius 3 is 2.66 bits per heavy atom. The van der Waals surface area contributed by atoms with E-state index in [1.807, 2.05) is 0 Å². The van der Waals surface area contributed by atoms with E-state index in [0.717, 1.165) is 27.6 Å². The van der Waals surface area contributed by atoms with Crippen LogP contribution < -0.4 is 16.8 Å². The molecular formula is C18H17N7O6S4. The quantitative estimate of drug-likeness (QED) is 0.121. The first-order valence-corrected chi connectivity index (χ1v) is 13.5. The van der Waals surface area contributed by atoms with Crippen LogP contribution in [0.25, 0.3) is 0 Å². The number of amides is 3. The summed E-state index contributed by atoms with van der Waals surface area (Å²) in [7, 11) is 0. The second-order valence-electron chi connectivity index (χ2n) is 7.06. The Morgan fingerprint density at radius 2 is 2.06 bits per heavy atom. The lowest BCUT2D eigenvalue weighted by atomic mass is 10.0. The van der Waals surface area contributed by atoms with E-state index in [0.29, 0.717) is 28.5 Å². The van der Waals surface area contributed by atoms with Crippen molar-refractivity contribution in [2.75, 3.05) is 17.2 Å². The molecule has 0 spiro atoms. The first-order valence-electron chi connectivity index (χ1n) is 9.73. The summed E-state index contributed by atoms with van der Waals surface area (Å²) in [6.45, 7) is 0. The zero-order valence-corrected chi connectivity index (χ0v) is 20.8. The van der Waals surface area contributed by atoms with E-state index in [-0.39, 0.29) is 21.5 Å². The maximum Gasteiger partial charge on any atom is 0.353 e. The van der Waals surface area contributed by atoms with Gasteiger partial charge in [0, 0.05) is 27.2 Å². The van der Waals surface area contributed by atoms with E-state index in [2.05, 4.69) is 20.4 Å². The second-order valence-corrected chi connectivity index (χ2v) is 11.1. The van der Waals surface area contributed by atoms with Crippen molar-refractivity contribution in [3.05, 3.63) is 37.8 Å². The molecular weight excluding hydrogens is 539 g/mol. The van der Waals surface area contributed by atoms with Gasteiger partial charge >= 0.3 is 5.97 Å². The number of carboxylic acids is 1. The SMILES string of the molecule is NC(=O)c1nc(CCSC2=C(C(=O)O)N3C(=O)[C@@H](NC(=O)/C(=N\O)c4csc(N)n4)[C@H]3SC2)cs1. The zero-order valence-electron chi connectivity index (χ0n) is 17.5. The molecule has 184 valence electrons. The number of fused-ring (bicyclic) bond motifs is 1. The van der Waals surface area contributed by atoms with Crippen molar-refractivity contribution in [1.29, 1.82) is 0 Å². The minimum atomic E-state index is -1.25. The second kappa shape index (κ2) is 10.2. The highest BCUT2D eigenvalue weighted by atomic mass is 32.2. The van der Waals surface area contributed by atoms with E-state index in [4.69, 9.17) is 11.5 Å². The van der Waals surface area contributed by atoms with Gasteiger partial charge in [-0.05, 0) is 6.42 Å². The van der Waals surface area contributed by atoms with Crippen molar-refractivity contribution in [1.82, 2.24) is 20.2 Å². The first kappa shape index (κ1) is 25.0. The van der Waals surface area contributed by atoms with Gasteiger partial charge in [0.2, 0.25) is 0 Å². The number of carboxylic acid groups (broad SMARTS) is 1. The number of nitrogens with two attached hydrogens (primary N) is 2. The monoisotopic (exact) mass is 555 g/mol. The number of nitrogens with one attached hydrogen (secondary N) is 1. The van der Waals surface area contributed by atoms with Crippen LogP contribution in [0.2, 0.25) is 0 Å². The van der Waals surface area contributed by atoms with Gasteiger partial charge in [-0.1, -0.05) is 5.16 Å². The lowest BCUT2D eigenvalue weighted by Crippen LogP contribution is -2.71. The molecule has 35 heavy (non-hydrogen) atoms. The number of carbonyl (C=O) groups excluding carboxylic acids is 3. The van der Waals surface area contributed by atoms with Gasteiger partial charge < -0.3 is 27.1 Å². The number of thiazole rings is 2. The van der Waals surface area contributed by atoms with Crippen molar-refractivity contribution in [2.24, 2.45) is 10.9 Å². The third-order valence-corrected chi connectivity index (χ3v) is 9.04. The van der Waals surface area contributed by atoms with Crippen LogP contribution in [0.15, 0.2) is 26.5 Å². The number of nitrogen functional groups attached to an aromatic ring is 1. The van der Waals surface area contributed by atoms with Crippen molar-refractivity contribution in [3.8, 4) is 0 Å². The molecule has 17 heteroatoms. The molecule has 0 aliphatic carbocycles. The van der Waals surface area contributed by atoms with E-state index in [1.54, 1.807) is 5.38 Å². The maximum absolute atomic E-state index is 12.8. The lowest BCUT2D eigenvalue weighted by Gasteiger charge is -2.49. The van der Waals surface area contributed by atoms with E-state index >= 15 is 0 Å². The first-order chi connectivity index (χ1) is 16.7. The van der Waals surface area contributed by atoms with Crippen LogP contribution in [0.5, 0.6) is 0 Å². The highest BCUT2D eigenvalue weighted by Gasteiger charge is 2.54. The molecule has 1 fully saturated rings. The smallest absolute Gasteiger partial charge is 0.353 e. The van der Waals surface area contributed by atoms with Gasteiger partial charge in [0.15, 0.2) is 15.9 Å². The molecule has 4 rings (SSSR count). The Labute approximate surface area is 213 Å². The van der Waals surface area contributed by atoms with Gasteiger partial charge in [-0.25, -0.2) is 14.8 Å². The number of hydrogen-bond acceptors (Lipinski definition) is 13. The summed E-state index contributed by atoms with van der Waals surface area (Å²) in [5, 5.41) is 27.4. The molecule has 0 aromatic carbocycles. The number of oxime groups is 1. The van der Waals surface area contributed by atoms with Crippen LogP contribution in [0.1, 0.15) is 21.2 Å². The molecule has 2 aliphatic heterocycles. The van der Waals surface area contributed by atoms with Crippen molar-refractivity contribution < 1.29 is 29.5 Å². The number of anilines is 1. The van der Waals surface area contributed by atoms with Crippen LogP contribution >= 0.6 is 46.2 Å². The fraction of sp³-hybridized carbons (Fsp3) is 0.278. The number of β-lactam (4-membered cyclic amide) rings is 1. The topological polar surface area (TPSA) is 214 Å². The third-order valence-electron chi connectivity index (χ3n) is 4.90. The predicted octanol–water partition coefficient (Wildman–Crippen LogP) is 0.131. The average molecular weight is 556 g/mol. The minimum Gasteiger partial charge on any atom is -0.477 e. The fourth-order valence-electron chi connectivity index (χ4n) is 3.33. The normalized spacial score (nSPS) is 19.8. The summed E-state index contributed by atoms with van der Waals surface area (Å²) in [5.74, 6) is -2.49. The highest BCUT2D eigenvalue weighted by molar-refractivity contribution is 8.06. The lowest BCUT2D eigenvalue weighted by molar-refractivity contribution is -0.150. The summed E-state index contributed by atoms with van der Waals surface area (Å²) in [6.07, 6.45) is 0.482. The van der Waals surface area contributed by atoms with Crippen molar-refractivity contribution in [3.63, 3.8) is 0 Å². The summed E-state index contributed by atoms with van der Waals surface area (Å²) >= 11 is 4.79. The maximum atomic E-state index is 12.8. The Bertz CT molecular complexity index is 1270. The number of thioether (sulfide) groups is 2. The van der Waals surface area contributed by atoms with Gasteiger partial charge in [-0.15, -0.1) is 46.2 Å². The molecule has 7 N–H and O–H groups in total. The van der Waals surface area contributed by atoms with Gasteiger partial charge in [0.25, 0.3) is 17.7 Å². The molecule has 3 amide bonds. The Morgan fingerprint density at radius 1 is 1.29 bits per heavy atom. The molecule has 2 aromatic heterocycles. The number of aromatic nitrogens is 2. The van der Waals surface area contributed by atoms with Crippen LogP contribution in [0, 0.1) is 0 Å². The van der Waals surface area contributed by atoms with Gasteiger partial charge in [-0.3, -0.25) is 19.3 Å². The van der Waals surface area contributed by atoms with E-state index in [9.17, 15) is 29.5 Å². The third kappa shape index (κ3) is 4.97. The number of aliphatic carboxylic acids is 1. The summed E-state index contributed by atoms with van der Waals surface area (Å²) < 4.78 is 0. The molecule has 13 nitrogen and oxygen atoms in total. The number of carbonyl (C=O) groups is 4. The Hall–Kier alpha value is -3.15. The number of primary amides is 1. The van der Waals surface area contributed by atoms with Crippen molar-refractivity contribution >= 4 is 80.7 Å². The number of nitrogens with zero attached hydrogens (tertiary/aromatic N) is 4. The minimum absolute atomic E-state index is 0.0558. The van der Waals surface area contributed by atoms with E-state index < -0.39 is 40.8 Å². The molecule has 0 unspecified atom stereocenters. The highest BCUT2D eigenvalue weighted by Crippen LogP contribution is 2.43. The van der Waals surface area contributed by atoms with Crippen LogP contribution in [-0.4, -0.2) is 77.5 Å². The van der Waals surface area contributed by atoms with Crippen molar-refractivity contribution in [2.45, 2.75) is 17.8 Å². The number of aryl methyl sites for hydroxylation is 1. The van der Waals surface area contributed by atoms with Crippen LogP contribution in [-0.2, 0) is 20.8 Å². The molecule has 0 radical (unpaired) electrons. The molecule has 2 aliphatic rings. The van der Waals surface area contributed by atoms with Gasteiger partial charge in [0.1, 0.15) is 22.8 Å². The summed E-state index contributed by atoms with van der Waals surface area (Å²) in [4.78, 5) is 58.2. The summed E-state index contributed by atoms with van der Waals surface area (Å²) in [6, 6.07) is -0.997. The molecule has 0 saturated carbocycles. The molecule has 4 heterocycles. The Kier molecular flexibility index (Phi) is 7.29. The zero-order chi connectivity index (χ0) is 25.3. The van der Waals surface area contributed by atoms with Crippen LogP contribution in [0.4, 0.5) is 5.13 Å². The standard InChI is InChI=1S/C18H17N7O6S4/c19-12(26)14-21-6(3-33-14)1-2-32-8-5-34-16-10(15(28)25(16)11(8)17(29)30)23-13(27)9(24-31)7-4-35-18(20)22-7/h3-4,10,16,31H,1-2,5H2,(H2,19,26)(H2,20,22)(H,23,27)(H,29,30)/b24-9-/t10-,16-/m1/s1. The average Bonchev–Trinajstić information content (AvgIpc) is 3.46. The molecule has 1 saturated heterocycles. The summed E-state index contributed by atoms with van der Waals surface area (Å²) in [5.41, 5.74) is 10.9. The number of hydrogen-bond donors (Lipinski definition) is 5. The fourth-order valence-corrected chi connectivity index (χ4v) is 7.20. The van der Waals surface area contributed by atoms with Gasteiger partial charge in [0.05, 0.1) is 5.69 Å². The van der Waals surface area contributed by atoms with Crippen LogP contribution in [0.3, 0.4) is 0 Å². The Balaban J connectivity index is 1.42. The predicted molar refractivity (Wildman–Crippen MR) is 131 cm³/mol. The van der Waals surface area contributed by atoms with Gasteiger partial charge in [-0.2, -0.15) is 0 Å².